The Morgan fingerprint density at radius 3 is 2.85 bits per heavy atom. The summed E-state index contributed by atoms with van der Waals surface area (Å²) in [7, 11) is 1.56. The van der Waals surface area contributed by atoms with Gasteiger partial charge in [0.1, 0.15) is 0 Å². The summed E-state index contributed by atoms with van der Waals surface area (Å²) in [5.74, 6) is 3.66. The Balaban J connectivity index is 1.46. The number of anilines is 2. The van der Waals surface area contributed by atoms with Crippen molar-refractivity contribution in [3.05, 3.63) is 12.3 Å². The summed E-state index contributed by atoms with van der Waals surface area (Å²) < 4.78 is 10.4. The molecule has 1 aromatic heterocycles. The van der Waals surface area contributed by atoms with Gasteiger partial charge in [0.2, 0.25) is 5.91 Å². The molecule has 4 rings (SSSR count). The highest BCUT2D eigenvalue weighted by Crippen LogP contribution is 2.44. The predicted octanol–water partition coefficient (Wildman–Crippen LogP) is 2.39. The highest BCUT2D eigenvalue weighted by atomic mass is 16.5. The Bertz CT molecular complexity index is 924. The molecular formula is C24H32N4O5. The van der Waals surface area contributed by atoms with Gasteiger partial charge in [0.25, 0.3) is 0 Å². The fraction of sp³-hybridized carbons (Fsp3) is 0.625. The van der Waals surface area contributed by atoms with Crippen molar-refractivity contribution in [3.8, 4) is 18.1 Å². The number of nitrogens with zero attached hydrogens (tertiary/aromatic N) is 3. The van der Waals surface area contributed by atoms with Crippen molar-refractivity contribution in [2.24, 2.45) is 5.41 Å². The molecule has 9 nitrogen and oxygen atoms in total. The number of rotatable bonds is 5. The summed E-state index contributed by atoms with van der Waals surface area (Å²) in [6.45, 7) is 2.04. The topological polar surface area (TPSA) is 104 Å². The standard InChI is InChI=1S/C24H32N4O5/c1-3-13-33-23(31)26-17-14-20(32-2)21(25-15-17)27-11-4-9-24(16-27)10-12-28(22(24)30)18-5-7-19(29)8-6-18/h1,14-15,18-19,29H,4-13,16H2,2H3,(H,26,31)/t18?,19?,24-/m1/s1. The van der Waals surface area contributed by atoms with Gasteiger partial charge >= 0.3 is 6.09 Å². The van der Waals surface area contributed by atoms with Crippen molar-refractivity contribution in [2.45, 2.75) is 57.1 Å². The maximum Gasteiger partial charge on any atom is 0.412 e. The summed E-state index contributed by atoms with van der Waals surface area (Å²) in [5, 5.41) is 12.4. The van der Waals surface area contributed by atoms with E-state index in [-0.39, 0.29) is 24.7 Å². The SMILES string of the molecule is C#CCOC(=O)Nc1cnc(N2CCC[C@@]3(CCN(C4CCC(O)CC4)C3=O)C2)c(OC)c1. The predicted molar refractivity (Wildman–Crippen MR) is 123 cm³/mol. The van der Waals surface area contributed by atoms with Crippen LogP contribution in [0.2, 0.25) is 0 Å². The monoisotopic (exact) mass is 456 g/mol. The zero-order valence-electron chi connectivity index (χ0n) is 19.1. The average Bonchev–Trinajstić information content (AvgIpc) is 3.13. The summed E-state index contributed by atoms with van der Waals surface area (Å²) in [6, 6.07) is 1.93. The van der Waals surface area contributed by atoms with Crippen LogP contribution >= 0.6 is 0 Å². The summed E-state index contributed by atoms with van der Waals surface area (Å²) in [4.78, 5) is 34.1. The number of nitrogens with one attached hydrogen (secondary N) is 1. The molecule has 1 saturated carbocycles. The number of likely N-dealkylation sites (tertiary alicyclic amines) is 1. The summed E-state index contributed by atoms with van der Waals surface area (Å²) in [5.41, 5.74) is 0.0312. The summed E-state index contributed by atoms with van der Waals surface area (Å²) in [6.07, 6.45) is 11.7. The number of methoxy groups -OCH3 is 1. The van der Waals surface area contributed by atoms with Crippen molar-refractivity contribution >= 4 is 23.5 Å². The van der Waals surface area contributed by atoms with Crippen LogP contribution in [-0.4, -0.2) is 72.5 Å². The molecule has 178 valence electrons. The van der Waals surface area contributed by atoms with Crippen molar-refractivity contribution in [1.82, 2.24) is 9.88 Å². The van der Waals surface area contributed by atoms with Crippen molar-refractivity contribution in [1.29, 1.82) is 0 Å². The third-order valence-corrected chi connectivity index (χ3v) is 7.12. The van der Waals surface area contributed by atoms with E-state index in [0.29, 0.717) is 23.8 Å². The molecule has 1 atom stereocenters. The Labute approximate surface area is 194 Å². The van der Waals surface area contributed by atoms with Gasteiger partial charge in [0, 0.05) is 31.7 Å². The van der Waals surface area contributed by atoms with Gasteiger partial charge in [-0.2, -0.15) is 0 Å². The number of carbonyl (C=O) groups is 2. The molecule has 2 aliphatic heterocycles. The molecule has 33 heavy (non-hydrogen) atoms. The maximum atomic E-state index is 13.6. The third kappa shape index (κ3) is 4.86. The number of aliphatic hydroxyl groups excluding tert-OH is 1. The van der Waals surface area contributed by atoms with Crippen LogP contribution in [0.3, 0.4) is 0 Å². The van der Waals surface area contributed by atoms with E-state index in [0.717, 1.165) is 58.0 Å². The number of aliphatic hydroxyl groups is 1. The fourth-order valence-corrected chi connectivity index (χ4v) is 5.41. The number of ether oxygens (including phenoxy) is 2. The second-order valence-corrected chi connectivity index (χ2v) is 9.17. The van der Waals surface area contributed by atoms with Gasteiger partial charge in [-0.1, -0.05) is 5.92 Å². The molecule has 0 aromatic carbocycles. The first-order chi connectivity index (χ1) is 16.0. The maximum absolute atomic E-state index is 13.6. The molecule has 3 fully saturated rings. The number of hydrogen-bond acceptors (Lipinski definition) is 7. The van der Waals surface area contributed by atoms with E-state index >= 15 is 0 Å². The van der Waals surface area contributed by atoms with Crippen LogP contribution in [-0.2, 0) is 9.53 Å². The molecule has 1 aromatic rings. The highest BCUT2D eigenvalue weighted by molar-refractivity contribution is 5.87. The summed E-state index contributed by atoms with van der Waals surface area (Å²) >= 11 is 0. The van der Waals surface area contributed by atoms with Gasteiger partial charge in [-0.25, -0.2) is 9.78 Å². The van der Waals surface area contributed by atoms with Gasteiger partial charge in [-0.15, -0.1) is 6.42 Å². The van der Waals surface area contributed by atoms with E-state index in [1.807, 2.05) is 0 Å². The lowest BCUT2D eigenvalue weighted by molar-refractivity contribution is -0.139. The molecule has 3 heterocycles. The van der Waals surface area contributed by atoms with Gasteiger partial charge in [-0.05, 0) is 44.9 Å². The van der Waals surface area contributed by atoms with Crippen LogP contribution in [0.15, 0.2) is 12.3 Å². The lowest BCUT2D eigenvalue weighted by atomic mass is 9.78. The van der Waals surface area contributed by atoms with Crippen molar-refractivity contribution in [3.63, 3.8) is 0 Å². The van der Waals surface area contributed by atoms with Gasteiger partial charge < -0.3 is 24.4 Å². The second kappa shape index (κ2) is 9.87. The molecule has 0 radical (unpaired) electrons. The molecule has 3 aliphatic rings. The average molecular weight is 457 g/mol. The van der Waals surface area contributed by atoms with Crippen LogP contribution in [0.4, 0.5) is 16.3 Å². The molecule has 2 amide bonds. The minimum Gasteiger partial charge on any atom is -0.493 e. The first kappa shape index (κ1) is 23.2. The smallest absolute Gasteiger partial charge is 0.412 e. The minimum absolute atomic E-state index is 0.114. The first-order valence-electron chi connectivity index (χ1n) is 11.6. The number of piperidine rings is 1. The van der Waals surface area contributed by atoms with Crippen LogP contribution in [0, 0.1) is 17.8 Å². The number of amides is 2. The first-order valence-corrected chi connectivity index (χ1v) is 11.6. The molecule has 2 N–H and O–H groups in total. The molecule has 0 unspecified atom stereocenters. The Hall–Kier alpha value is -2.99. The lowest BCUT2D eigenvalue weighted by Crippen LogP contribution is -2.50. The molecule has 1 spiro atoms. The minimum atomic E-state index is -0.659. The van der Waals surface area contributed by atoms with Gasteiger partial charge in [-0.3, -0.25) is 10.1 Å². The zero-order chi connectivity index (χ0) is 23.4. The van der Waals surface area contributed by atoms with E-state index in [4.69, 9.17) is 15.9 Å². The Morgan fingerprint density at radius 1 is 1.33 bits per heavy atom. The molecule has 1 aliphatic carbocycles. The van der Waals surface area contributed by atoms with E-state index in [1.54, 1.807) is 19.4 Å². The van der Waals surface area contributed by atoms with E-state index < -0.39 is 11.5 Å². The molecule has 9 heteroatoms. The number of terminal acetylenes is 1. The van der Waals surface area contributed by atoms with Crippen LogP contribution in [0.1, 0.15) is 44.9 Å². The highest BCUT2D eigenvalue weighted by Gasteiger charge is 2.51. The van der Waals surface area contributed by atoms with E-state index in [2.05, 4.69) is 26.0 Å². The number of hydrogen-bond donors (Lipinski definition) is 2. The van der Waals surface area contributed by atoms with Crippen molar-refractivity contribution < 1.29 is 24.2 Å². The van der Waals surface area contributed by atoms with Crippen LogP contribution in [0.25, 0.3) is 0 Å². The largest absolute Gasteiger partial charge is 0.493 e. The third-order valence-electron chi connectivity index (χ3n) is 7.12. The quantitative estimate of drug-likeness (QED) is 0.656. The normalized spacial score (nSPS) is 27.4. The second-order valence-electron chi connectivity index (χ2n) is 9.17. The van der Waals surface area contributed by atoms with Crippen molar-refractivity contribution in [2.75, 3.05) is 43.6 Å². The van der Waals surface area contributed by atoms with E-state index in [9.17, 15) is 14.7 Å². The Kier molecular flexibility index (Phi) is 6.94. The van der Waals surface area contributed by atoms with Gasteiger partial charge in [0.15, 0.2) is 18.2 Å². The molecule has 2 saturated heterocycles. The zero-order valence-corrected chi connectivity index (χ0v) is 19.1. The molecule has 0 bridgehead atoms. The number of carbonyl (C=O) groups excluding carboxylic acids is 2. The van der Waals surface area contributed by atoms with Gasteiger partial charge in [0.05, 0.1) is 30.5 Å². The number of aromatic nitrogens is 1. The Morgan fingerprint density at radius 2 is 2.12 bits per heavy atom. The van der Waals surface area contributed by atoms with Crippen LogP contribution < -0.4 is 15.0 Å². The van der Waals surface area contributed by atoms with Crippen LogP contribution in [0.5, 0.6) is 5.75 Å². The molecular weight excluding hydrogens is 424 g/mol. The fourth-order valence-electron chi connectivity index (χ4n) is 5.41. The lowest BCUT2D eigenvalue weighted by Gasteiger charge is -2.41. The number of pyridine rings is 1. The van der Waals surface area contributed by atoms with E-state index in [1.165, 1.54) is 0 Å².